The van der Waals surface area contributed by atoms with Gasteiger partial charge in [0.2, 0.25) is 5.91 Å². The van der Waals surface area contributed by atoms with E-state index in [0.29, 0.717) is 25.0 Å². The van der Waals surface area contributed by atoms with E-state index in [9.17, 15) is 4.79 Å². The van der Waals surface area contributed by atoms with Gasteiger partial charge in [0.05, 0.1) is 6.61 Å². The van der Waals surface area contributed by atoms with Crippen molar-refractivity contribution in [3.8, 4) is 5.75 Å². The van der Waals surface area contributed by atoms with Crippen molar-refractivity contribution >= 4 is 17.7 Å². The maximum Gasteiger partial charge on any atom is 0.224 e. The number of benzene rings is 1. The van der Waals surface area contributed by atoms with Crippen LogP contribution in [0.2, 0.25) is 0 Å². The largest absolute Gasteiger partial charge is 0.494 e. The molecule has 2 aliphatic heterocycles. The molecule has 2 aliphatic rings. The van der Waals surface area contributed by atoms with E-state index < -0.39 is 0 Å². The Kier molecular flexibility index (Phi) is 7.69. The quantitative estimate of drug-likeness (QED) is 0.792. The number of piperidine rings is 1. The lowest BCUT2D eigenvalue weighted by molar-refractivity contribution is -0.133. The Morgan fingerprint density at radius 3 is 2.69 bits per heavy atom. The molecule has 0 radical (unpaired) electrons. The SMILES string of the molecule is CCOc1ccc(CCC2CCN(C(=O)CC3CSCCN3)CC2)cc1. The number of thioether (sulfide) groups is 1. The van der Waals surface area contributed by atoms with Crippen LogP contribution in [0.15, 0.2) is 24.3 Å². The van der Waals surface area contributed by atoms with Crippen molar-refractivity contribution in [2.45, 2.75) is 45.1 Å². The smallest absolute Gasteiger partial charge is 0.224 e. The molecule has 1 atom stereocenters. The molecule has 0 spiro atoms. The van der Waals surface area contributed by atoms with Crippen molar-refractivity contribution in [2.24, 2.45) is 5.92 Å². The first-order valence-electron chi connectivity index (χ1n) is 10.0. The third-order valence-corrected chi connectivity index (χ3v) is 6.59. The van der Waals surface area contributed by atoms with Crippen LogP contribution in [0, 0.1) is 5.92 Å². The zero-order chi connectivity index (χ0) is 18.2. The number of nitrogens with one attached hydrogen (secondary N) is 1. The first-order valence-corrected chi connectivity index (χ1v) is 11.2. The highest BCUT2D eigenvalue weighted by Crippen LogP contribution is 2.24. The second kappa shape index (κ2) is 10.2. The minimum atomic E-state index is 0.343. The zero-order valence-electron chi connectivity index (χ0n) is 15.9. The number of carbonyl (C=O) groups excluding carboxylic acids is 1. The summed E-state index contributed by atoms with van der Waals surface area (Å²) in [5, 5.41) is 3.47. The predicted molar refractivity (Wildman–Crippen MR) is 109 cm³/mol. The molecule has 4 nitrogen and oxygen atoms in total. The van der Waals surface area contributed by atoms with E-state index in [1.54, 1.807) is 0 Å². The van der Waals surface area contributed by atoms with Gasteiger partial charge in [0, 0.05) is 43.6 Å². The lowest BCUT2D eigenvalue weighted by atomic mass is 9.90. The lowest BCUT2D eigenvalue weighted by Gasteiger charge is -2.33. The third kappa shape index (κ3) is 5.92. The summed E-state index contributed by atoms with van der Waals surface area (Å²) < 4.78 is 5.50. The molecule has 26 heavy (non-hydrogen) atoms. The van der Waals surface area contributed by atoms with Gasteiger partial charge in [-0.2, -0.15) is 11.8 Å². The summed E-state index contributed by atoms with van der Waals surface area (Å²) in [6, 6.07) is 8.87. The fourth-order valence-electron chi connectivity index (χ4n) is 3.85. The molecule has 1 unspecified atom stereocenters. The summed E-state index contributed by atoms with van der Waals surface area (Å²) in [4.78, 5) is 14.6. The molecule has 2 fully saturated rings. The van der Waals surface area contributed by atoms with Crippen LogP contribution >= 0.6 is 11.8 Å². The number of amides is 1. The highest BCUT2D eigenvalue weighted by Gasteiger charge is 2.25. The van der Waals surface area contributed by atoms with Crippen LogP contribution in [0.5, 0.6) is 5.75 Å². The van der Waals surface area contributed by atoms with Crippen LogP contribution in [-0.4, -0.2) is 54.6 Å². The fraction of sp³-hybridized carbons (Fsp3) is 0.667. The summed E-state index contributed by atoms with van der Waals surface area (Å²) in [6.07, 6.45) is 5.31. The lowest BCUT2D eigenvalue weighted by Crippen LogP contribution is -2.44. The molecule has 144 valence electrons. The maximum absolute atomic E-state index is 12.5. The van der Waals surface area contributed by atoms with Crippen LogP contribution in [0.1, 0.15) is 38.2 Å². The van der Waals surface area contributed by atoms with Crippen LogP contribution in [-0.2, 0) is 11.2 Å². The number of carbonyl (C=O) groups is 1. The summed E-state index contributed by atoms with van der Waals surface area (Å²) in [6.45, 7) is 5.64. The third-order valence-electron chi connectivity index (χ3n) is 5.46. The van der Waals surface area contributed by atoms with Gasteiger partial charge in [-0.25, -0.2) is 0 Å². The molecule has 5 heteroatoms. The van der Waals surface area contributed by atoms with E-state index in [1.165, 1.54) is 17.7 Å². The van der Waals surface area contributed by atoms with E-state index in [-0.39, 0.29) is 0 Å². The van der Waals surface area contributed by atoms with Crippen LogP contribution in [0.3, 0.4) is 0 Å². The molecule has 0 aliphatic carbocycles. The summed E-state index contributed by atoms with van der Waals surface area (Å²) in [5.41, 5.74) is 1.38. The zero-order valence-corrected chi connectivity index (χ0v) is 16.7. The van der Waals surface area contributed by atoms with E-state index in [1.807, 2.05) is 18.7 Å². The van der Waals surface area contributed by atoms with Crippen molar-refractivity contribution in [3.63, 3.8) is 0 Å². The van der Waals surface area contributed by atoms with Crippen molar-refractivity contribution in [1.29, 1.82) is 0 Å². The molecule has 0 aromatic heterocycles. The average Bonchev–Trinajstić information content (AvgIpc) is 2.69. The van der Waals surface area contributed by atoms with Crippen LogP contribution < -0.4 is 10.1 Å². The number of nitrogens with zero attached hydrogens (tertiary/aromatic N) is 1. The predicted octanol–water partition coefficient (Wildman–Crippen LogP) is 3.35. The average molecular weight is 377 g/mol. The number of ether oxygens (including phenoxy) is 1. The molecule has 1 aromatic rings. The highest BCUT2D eigenvalue weighted by molar-refractivity contribution is 7.99. The van der Waals surface area contributed by atoms with Crippen LogP contribution in [0.4, 0.5) is 0 Å². The maximum atomic E-state index is 12.5. The second-order valence-electron chi connectivity index (χ2n) is 7.37. The van der Waals surface area contributed by atoms with Crippen molar-refractivity contribution < 1.29 is 9.53 Å². The Bertz CT molecular complexity index is 550. The fourth-order valence-corrected chi connectivity index (χ4v) is 4.80. The van der Waals surface area contributed by atoms with E-state index in [0.717, 1.165) is 56.3 Å². The van der Waals surface area contributed by atoms with Crippen LogP contribution in [0.25, 0.3) is 0 Å². The number of aryl methyl sites for hydroxylation is 1. The molecular weight excluding hydrogens is 344 g/mol. The molecule has 1 amide bonds. The molecule has 1 aromatic carbocycles. The molecule has 2 heterocycles. The number of hydrogen-bond donors (Lipinski definition) is 1. The van der Waals surface area contributed by atoms with Gasteiger partial charge >= 0.3 is 0 Å². The Labute approximate surface area is 162 Å². The molecule has 1 N–H and O–H groups in total. The topological polar surface area (TPSA) is 41.6 Å². The number of rotatable bonds is 7. The molecule has 2 saturated heterocycles. The van der Waals surface area contributed by atoms with Crippen molar-refractivity contribution in [1.82, 2.24) is 10.2 Å². The van der Waals surface area contributed by atoms with Crippen molar-refractivity contribution in [2.75, 3.05) is 37.7 Å². The number of likely N-dealkylation sites (tertiary alicyclic amines) is 1. The normalized spacial score (nSPS) is 21.6. The van der Waals surface area contributed by atoms with Gasteiger partial charge in [-0.3, -0.25) is 4.79 Å². The van der Waals surface area contributed by atoms with Gasteiger partial charge in [-0.05, 0) is 56.2 Å². The van der Waals surface area contributed by atoms with Gasteiger partial charge in [0.25, 0.3) is 0 Å². The monoisotopic (exact) mass is 376 g/mol. The summed E-state index contributed by atoms with van der Waals surface area (Å²) in [7, 11) is 0. The minimum Gasteiger partial charge on any atom is -0.494 e. The van der Waals surface area contributed by atoms with Gasteiger partial charge < -0.3 is 15.0 Å². The van der Waals surface area contributed by atoms with E-state index >= 15 is 0 Å². The van der Waals surface area contributed by atoms with Gasteiger partial charge in [0.15, 0.2) is 0 Å². The van der Waals surface area contributed by atoms with Gasteiger partial charge in [-0.1, -0.05) is 12.1 Å². The Balaban J connectivity index is 1.36. The van der Waals surface area contributed by atoms with Crippen molar-refractivity contribution in [3.05, 3.63) is 29.8 Å². The summed E-state index contributed by atoms with van der Waals surface area (Å²) in [5.74, 6) is 4.28. The first kappa shape index (κ1) is 19.6. The Morgan fingerprint density at radius 2 is 2.04 bits per heavy atom. The highest BCUT2D eigenvalue weighted by atomic mass is 32.2. The van der Waals surface area contributed by atoms with Gasteiger partial charge in [-0.15, -0.1) is 0 Å². The minimum absolute atomic E-state index is 0.343. The summed E-state index contributed by atoms with van der Waals surface area (Å²) >= 11 is 1.96. The molecule has 0 bridgehead atoms. The molecular formula is C21H32N2O2S. The first-order chi connectivity index (χ1) is 12.7. The van der Waals surface area contributed by atoms with Gasteiger partial charge in [0.1, 0.15) is 5.75 Å². The molecule has 0 saturated carbocycles. The van der Waals surface area contributed by atoms with E-state index in [4.69, 9.17) is 4.74 Å². The number of hydrogen-bond acceptors (Lipinski definition) is 4. The Hall–Kier alpha value is -1.20. The Morgan fingerprint density at radius 1 is 1.27 bits per heavy atom. The second-order valence-corrected chi connectivity index (χ2v) is 8.52. The van der Waals surface area contributed by atoms with E-state index in [2.05, 4.69) is 34.5 Å². The molecule has 3 rings (SSSR count). The standard InChI is InChI=1S/C21H32N2O2S/c1-2-25-20-7-5-17(6-8-20)3-4-18-9-12-23(13-10-18)21(24)15-19-16-26-14-11-22-19/h5-8,18-19,22H,2-4,9-16H2,1H3.